The first kappa shape index (κ1) is 63.0. The number of esters is 4. The number of rotatable bonds is 15. The number of Topliss-reactive ketones (excluding diaryl/α,β-unsaturated/α-hetero) is 4. The van der Waals surface area contributed by atoms with Crippen LogP contribution in [0.3, 0.4) is 0 Å². The van der Waals surface area contributed by atoms with Gasteiger partial charge in [0.25, 0.3) is 0 Å². The number of hydrogen-bond donors (Lipinski definition) is 4. The van der Waals surface area contributed by atoms with Crippen LogP contribution in [0.5, 0.6) is 0 Å². The lowest BCUT2D eigenvalue weighted by Crippen LogP contribution is -2.22. The van der Waals surface area contributed by atoms with Crippen LogP contribution >= 0.6 is 0 Å². The van der Waals surface area contributed by atoms with E-state index in [1.54, 1.807) is 0 Å². The molecule has 478 valence electrons. The van der Waals surface area contributed by atoms with Crippen LogP contribution in [-0.4, -0.2) is 114 Å². The number of methoxy groups -OCH3 is 2. The number of fused-ring (bicyclic) bond motifs is 16. The summed E-state index contributed by atoms with van der Waals surface area (Å²) in [6.45, 7) is 22.4. The van der Waals surface area contributed by atoms with Gasteiger partial charge in [-0.1, -0.05) is 41.5 Å². The quantitative estimate of drug-likeness (QED) is 0.0244. The first-order valence-electron chi connectivity index (χ1n) is 32.0. The van der Waals surface area contributed by atoms with Gasteiger partial charge in [-0.15, -0.1) is 0 Å². The topological polar surface area (TPSA) is 288 Å². The molecule has 10 heterocycles. The molecule has 0 aromatic carbocycles. The third-order valence-electron chi connectivity index (χ3n) is 20.8. The highest BCUT2D eigenvalue weighted by Crippen LogP contribution is 2.51. The fraction of sp³-hybridized carbons (Fsp3) is 0.444. The molecule has 4 unspecified atom stereocenters. The van der Waals surface area contributed by atoms with Crippen LogP contribution in [0.15, 0.2) is 36.4 Å². The minimum atomic E-state index is -1.33. The number of aryl methyl sites for hydroxylation is 4. The molecule has 4 aliphatic heterocycles. The number of carbonyl (C=O) groups is 8. The average Bonchev–Trinajstić information content (AvgIpc) is 1.57. The molecule has 0 amide bonds. The largest absolute Gasteiger partial charge is 0.468 e. The minimum absolute atomic E-state index is 0.0243. The van der Waals surface area contributed by atoms with Crippen molar-refractivity contribution < 1.29 is 57.3 Å². The van der Waals surface area contributed by atoms with Crippen LogP contribution in [0.1, 0.15) is 273 Å². The van der Waals surface area contributed by atoms with Gasteiger partial charge in [-0.2, -0.15) is 0 Å². The lowest BCUT2D eigenvalue weighted by Gasteiger charge is -2.19. The summed E-state index contributed by atoms with van der Waals surface area (Å²) in [4.78, 5) is 146. The van der Waals surface area contributed by atoms with Gasteiger partial charge in [0.1, 0.15) is 25.0 Å². The smallest absolute Gasteiger partial charge is 0.321 e. The Morgan fingerprint density at radius 2 is 0.772 bits per heavy atom. The predicted molar refractivity (Wildman–Crippen MR) is 345 cm³/mol. The van der Waals surface area contributed by atoms with Gasteiger partial charge in [-0.3, -0.25) is 58.3 Å². The highest BCUT2D eigenvalue weighted by atomic mass is 16.6. The Morgan fingerprint density at radius 3 is 1.12 bits per heavy atom. The van der Waals surface area contributed by atoms with Gasteiger partial charge in [0.05, 0.1) is 47.7 Å². The normalized spacial score (nSPS) is 22.0. The predicted octanol–water partition coefficient (Wildman–Crippen LogP) is 13.2. The zero-order valence-electron chi connectivity index (χ0n) is 54.6. The summed E-state index contributed by atoms with van der Waals surface area (Å²) in [5, 5.41) is 0. The molecule has 6 aliphatic rings. The van der Waals surface area contributed by atoms with Crippen molar-refractivity contribution in [2.45, 2.75) is 181 Å². The van der Waals surface area contributed by atoms with Crippen LogP contribution in [0, 0.1) is 27.7 Å². The summed E-state index contributed by atoms with van der Waals surface area (Å²) in [5.41, 5.74) is 15.6. The van der Waals surface area contributed by atoms with Crippen molar-refractivity contribution in [3.05, 3.63) is 138 Å². The van der Waals surface area contributed by atoms with Crippen LogP contribution in [0.25, 0.3) is 44.1 Å². The summed E-state index contributed by atoms with van der Waals surface area (Å²) in [6, 6.07) is 11.6. The average molecular weight is 1250 g/mol. The third-order valence-corrected chi connectivity index (χ3v) is 20.8. The first-order chi connectivity index (χ1) is 43.9. The van der Waals surface area contributed by atoms with E-state index < -0.39 is 59.1 Å². The Labute approximate surface area is 531 Å². The van der Waals surface area contributed by atoms with E-state index in [2.05, 4.69) is 47.6 Å². The van der Waals surface area contributed by atoms with E-state index in [-0.39, 0.29) is 86.0 Å². The van der Waals surface area contributed by atoms with Gasteiger partial charge in [-0.05, 0) is 126 Å². The zero-order valence-corrected chi connectivity index (χ0v) is 54.6. The second-order valence-electron chi connectivity index (χ2n) is 25.9. The molecule has 92 heavy (non-hydrogen) atoms. The van der Waals surface area contributed by atoms with Crippen LogP contribution in [-0.2, 0) is 38.1 Å². The van der Waals surface area contributed by atoms with Gasteiger partial charge in [0.15, 0.2) is 23.1 Å². The molecule has 16 bridgehead atoms. The van der Waals surface area contributed by atoms with Gasteiger partial charge in [0.2, 0.25) is 0 Å². The summed E-state index contributed by atoms with van der Waals surface area (Å²) >= 11 is 0. The van der Waals surface area contributed by atoms with E-state index in [1.807, 2.05) is 77.9 Å². The van der Waals surface area contributed by atoms with Gasteiger partial charge >= 0.3 is 23.9 Å². The van der Waals surface area contributed by atoms with Crippen molar-refractivity contribution in [1.82, 2.24) is 39.9 Å². The molecule has 10 atom stereocenters. The standard InChI is InChI=1S/C72H78N8O12/c1-15-39-29(3)43-27-53-57(37(11)81)33(7)47(75-53)23-45-31(5)41(65(77-45)61-63(71(87)89-13)69(85)59-35(9)49(79-67(59)61)25-51(39)73-43)17-19-55(83)91-21-22-92-56(84)20-18-42-32(6)46-24-48-34(8)58(38(12)82)54(76-48)28-44-30(4)40(16-2)52(74-44)26-50-36(10)60-68(80-50)62(66(42)78-46)64(70(60)86)72(88)90-14/h23-32,39-42,63-64,75-76,79-80H,15-22H2,1-14H3/t29?,30?,31-,32-,39?,40?,41-,42-,63+,64+/m0/s1. The minimum Gasteiger partial charge on any atom is -0.468 e. The molecule has 0 fully saturated rings. The third kappa shape index (κ3) is 10.3. The molecule has 0 radical (unpaired) electrons. The van der Waals surface area contributed by atoms with Crippen LogP contribution in [0.2, 0.25) is 0 Å². The summed E-state index contributed by atoms with van der Waals surface area (Å²) in [6.07, 6.45) is 1.77. The zero-order chi connectivity index (χ0) is 65.8. The first-order valence-corrected chi connectivity index (χ1v) is 32.0. The number of aromatic nitrogens is 8. The number of ketones is 4. The lowest BCUT2D eigenvalue weighted by atomic mass is 9.84. The Morgan fingerprint density at radius 1 is 0.446 bits per heavy atom. The maximum atomic E-state index is 14.6. The maximum absolute atomic E-state index is 14.6. The van der Waals surface area contributed by atoms with E-state index in [4.69, 9.17) is 38.9 Å². The molecule has 20 heteroatoms. The van der Waals surface area contributed by atoms with Crippen LogP contribution < -0.4 is 0 Å². The second kappa shape index (κ2) is 24.1. The fourth-order valence-corrected chi connectivity index (χ4v) is 15.7. The number of hydrogen-bond acceptors (Lipinski definition) is 16. The monoisotopic (exact) mass is 1250 g/mol. The second-order valence-corrected chi connectivity index (χ2v) is 25.9. The van der Waals surface area contributed by atoms with Crippen molar-refractivity contribution in [3.63, 3.8) is 0 Å². The molecule has 0 saturated heterocycles. The van der Waals surface area contributed by atoms with Crippen molar-refractivity contribution >= 4 is 91.1 Å². The molecule has 4 N–H and O–H groups in total. The van der Waals surface area contributed by atoms with E-state index >= 15 is 0 Å². The molecule has 20 nitrogen and oxygen atoms in total. The molecule has 12 rings (SSSR count). The van der Waals surface area contributed by atoms with Gasteiger partial charge in [0, 0.05) is 150 Å². The SMILES string of the molecule is CCC1c2cc3[nH]c4c(c3C)C(=O)[C@H](C(=O)OC)c4c3nc(cc4[nH]c(cc(n2)C1C)c(C(C)=O)c4C)[C@@H](C)[C@@H]3CCC(=O)OCCOC(=O)CC[C@@H]1c2nc(cc3[nH]c(cc4nc(cc5[nH]c6c(c5C)C(=O)[C@H](C(=O)OC)c26)C(CC)C4C)c(C(C)=O)c3C)[C@H]1C. The summed E-state index contributed by atoms with van der Waals surface area (Å²) in [7, 11) is 2.49. The highest BCUT2D eigenvalue weighted by Gasteiger charge is 2.48. The number of aromatic amines is 4. The number of nitrogens with one attached hydrogen (secondary N) is 4. The molecular formula is C72H78N8O12. The van der Waals surface area contributed by atoms with E-state index in [0.717, 1.165) is 46.7 Å². The Bertz CT molecular complexity index is 4290. The Kier molecular flexibility index (Phi) is 16.5. The number of H-pyrrole nitrogens is 4. The lowest BCUT2D eigenvalue weighted by molar-refractivity contribution is -0.152. The van der Waals surface area contributed by atoms with E-state index in [1.165, 1.54) is 28.1 Å². The van der Waals surface area contributed by atoms with Crippen LogP contribution in [0.4, 0.5) is 0 Å². The van der Waals surface area contributed by atoms with Crippen molar-refractivity contribution in [1.29, 1.82) is 0 Å². The number of ether oxygens (including phenoxy) is 4. The van der Waals surface area contributed by atoms with Crippen molar-refractivity contribution in [3.8, 4) is 0 Å². The highest BCUT2D eigenvalue weighted by molar-refractivity contribution is 6.25. The molecular weight excluding hydrogens is 1170 g/mol. The number of nitrogens with zero attached hydrogens (tertiary/aromatic N) is 4. The molecule has 0 spiro atoms. The number of carbonyl (C=O) groups excluding carboxylic acids is 8. The van der Waals surface area contributed by atoms with E-state index in [9.17, 15) is 38.4 Å². The molecule has 2 aliphatic carbocycles. The maximum Gasteiger partial charge on any atom is 0.321 e. The van der Waals surface area contributed by atoms with Crippen molar-refractivity contribution in [2.24, 2.45) is 0 Å². The molecule has 0 saturated carbocycles. The summed E-state index contributed by atoms with van der Waals surface area (Å²) < 4.78 is 22.0. The Balaban J connectivity index is 0.816. The molecule has 6 aromatic rings. The molecule has 6 aromatic heterocycles. The van der Waals surface area contributed by atoms with E-state index in [0.29, 0.717) is 111 Å². The van der Waals surface area contributed by atoms with Gasteiger partial charge < -0.3 is 38.9 Å². The fourth-order valence-electron chi connectivity index (χ4n) is 15.7. The van der Waals surface area contributed by atoms with Gasteiger partial charge in [-0.25, -0.2) is 0 Å². The van der Waals surface area contributed by atoms with Crippen molar-refractivity contribution in [2.75, 3.05) is 27.4 Å². The Hall–Kier alpha value is -9.20. The summed E-state index contributed by atoms with van der Waals surface area (Å²) in [5.74, 6) is -7.96.